The fourth-order valence-electron chi connectivity index (χ4n) is 1.32. The second-order valence-corrected chi connectivity index (χ2v) is 3.34. The molecule has 0 atom stereocenters. The van der Waals surface area contributed by atoms with E-state index in [1.54, 1.807) is 6.92 Å². The van der Waals surface area contributed by atoms with Gasteiger partial charge in [0.15, 0.2) is 0 Å². The van der Waals surface area contributed by atoms with Gasteiger partial charge in [0.2, 0.25) is 5.82 Å². The molecule has 1 heterocycles. The molecule has 0 saturated carbocycles. The minimum atomic E-state index is 0.298. The molecule has 1 aromatic carbocycles. The van der Waals surface area contributed by atoms with Gasteiger partial charge in [-0.3, -0.25) is 0 Å². The highest BCUT2D eigenvalue weighted by atomic mass is 16.5. The smallest absolute Gasteiger partial charge is 0.228 e. The lowest BCUT2D eigenvalue weighted by atomic mass is 10.2. The first-order chi connectivity index (χ1) is 8.40. The number of hydrogen-bond donors (Lipinski definition) is 0. The van der Waals surface area contributed by atoms with Crippen molar-refractivity contribution in [2.75, 3.05) is 0 Å². The van der Waals surface area contributed by atoms with Crippen LogP contribution in [0.4, 0.5) is 0 Å². The van der Waals surface area contributed by atoms with Gasteiger partial charge < -0.3 is 4.74 Å². The highest BCUT2D eigenvalue weighted by Gasteiger charge is 2.02. The molecule has 0 aliphatic carbocycles. The van der Waals surface area contributed by atoms with Crippen molar-refractivity contribution in [3.63, 3.8) is 0 Å². The van der Waals surface area contributed by atoms with Gasteiger partial charge in [0, 0.05) is 0 Å². The van der Waals surface area contributed by atoms with Crippen LogP contribution in [0.1, 0.15) is 18.3 Å². The molecule has 0 unspecified atom stereocenters. The summed E-state index contributed by atoms with van der Waals surface area (Å²) >= 11 is 0. The third-order valence-corrected chi connectivity index (χ3v) is 2.09. The quantitative estimate of drug-likeness (QED) is 0.738. The molecule has 0 saturated heterocycles. The summed E-state index contributed by atoms with van der Waals surface area (Å²) in [7, 11) is 0. The second kappa shape index (κ2) is 5.77. The number of rotatable bonds is 4. The Bertz CT molecular complexity index is 524. The van der Waals surface area contributed by atoms with Crippen LogP contribution >= 0.6 is 0 Å². The van der Waals surface area contributed by atoms with Crippen molar-refractivity contribution >= 4 is 0 Å². The van der Waals surface area contributed by atoms with E-state index in [2.05, 4.69) is 27.4 Å². The number of hydrogen-bond acceptors (Lipinski definition) is 4. The molecule has 17 heavy (non-hydrogen) atoms. The fourth-order valence-corrected chi connectivity index (χ4v) is 1.32. The molecule has 2 aromatic rings. The molecular weight excluding hydrogens is 216 g/mol. The van der Waals surface area contributed by atoms with Gasteiger partial charge in [-0.25, -0.2) is 0 Å². The molecule has 0 aliphatic rings. The molecule has 2 rings (SSSR count). The maximum Gasteiger partial charge on any atom is 0.228 e. The van der Waals surface area contributed by atoms with Crippen LogP contribution in [0.2, 0.25) is 0 Å². The Morgan fingerprint density at radius 2 is 2.12 bits per heavy atom. The Kier molecular flexibility index (Phi) is 3.84. The molecule has 0 spiro atoms. The zero-order chi connectivity index (χ0) is 11.9. The summed E-state index contributed by atoms with van der Waals surface area (Å²) in [6, 6.07) is 9.94. The Morgan fingerprint density at radius 3 is 2.88 bits per heavy atom. The second-order valence-electron chi connectivity index (χ2n) is 3.34. The molecule has 0 N–H and O–H groups in total. The topological polar surface area (TPSA) is 52.8 Å². The summed E-state index contributed by atoms with van der Waals surface area (Å²) in [5.74, 6) is 6.07. The lowest BCUT2D eigenvalue weighted by Crippen LogP contribution is -2.07. The molecule has 0 amide bonds. The van der Waals surface area contributed by atoms with Crippen LogP contribution in [0.3, 0.4) is 0 Å². The van der Waals surface area contributed by atoms with Crippen molar-refractivity contribution in [2.24, 2.45) is 0 Å². The number of tetrazole rings is 1. The van der Waals surface area contributed by atoms with Crippen molar-refractivity contribution in [1.82, 2.24) is 20.2 Å². The fraction of sp³-hybridized carbons (Fsp3) is 0.250. The van der Waals surface area contributed by atoms with E-state index >= 15 is 0 Å². The maximum absolute atomic E-state index is 5.50. The van der Waals surface area contributed by atoms with E-state index in [1.807, 2.05) is 30.3 Å². The van der Waals surface area contributed by atoms with Crippen LogP contribution in [0, 0.1) is 11.8 Å². The highest BCUT2D eigenvalue weighted by molar-refractivity contribution is 5.17. The summed E-state index contributed by atoms with van der Waals surface area (Å²) < 4.78 is 7.03. The van der Waals surface area contributed by atoms with Crippen LogP contribution in [0.25, 0.3) is 0 Å². The number of ether oxygens (including phenoxy) is 1. The molecule has 0 radical (unpaired) electrons. The van der Waals surface area contributed by atoms with E-state index in [0.717, 1.165) is 5.56 Å². The summed E-state index contributed by atoms with van der Waals surface area (Å²) in [6.45, 7) is 2.56. The minimum absolute atomic E-state index is 0.298. The predicted octanol–water partition coefficient (Wildman–Crippen LogP) is 1.22. The zero-order valence-electron chi connectivity index (χ0n) is 9.50. The lowest BCUT2D eigenvalue weighted by Gasteiger charge is -2.03. The van der Waals surface area contributed by atoms with Crippen molar-refractivity contribution in [1.29, 1.82) is 0 Å². The average molecular weight is 228 g/mol. The van der Waals surface area contributed by atoms with Gasteiger partial charge in [-0.2, -0.15) is 4.68 Å². The number of nitrogens with zero attached hydrogens (tertiary/aromatic N) is 4. The Labute approximate surface area is 99.4 Å². The van der Waals surface area contributed by atoms with E-state index in [0.29, 0.717) is 19.2 Å². The predicted molar refractivity (Wildman–Crippen MR) is 61.6 cm³/mol. The third kappa shape index (κ3) is 3.13. The Hall–Kier alpha value is -2.19. The molecule has 5 nitrogen and oxygen atoms in total. The summed E-state index contributed by atoms with van der Waals surface area (Å²) in [5.41, 5.74) is 1.11. The van der Waals surface area contributed by atoms with Gasteiger partial charge in [0.1, 0.15) is 6.73 Å². The molecular formula is C12H12N4O. The van der Waals surface area contributed by atoms with Crippen molar-refractivity contribution in [2.45, 2.75) is 20.3 Å². The average Bonchev–Trinajstić information content (AvgIpc) is 2.79. The molecule has 5 heteroatoms. The van der Waals surface area contributed by atoms with E-state index in [9.17, 15) is 0 Å². The van der Waals surface area contributed by atoms with E-state index in [4.69, 9.17) is 4.74 Å². The van der Waals surface area contributed by atoms with Crippen molar-refractivity contribution in [3.05, 3.63) is 41.7 Å². The van der Waals surface area contributed by atoms with E-state index in [1.165, 1.54) is 4.68 Å². The largest absolute Gasteiger partial charge is 0.354 e. The first-order valence-corrected chi connectivity index (χ1v) is 5.21. The van der Waals surface area contributed by atoms with E-state index in [-0.39, 0.29) is 0 Å². The van der Waals surface area contributed by atoms with Gasteiger partial charge >= 0.3 is 0 Å². The summed E-state index contributed by atoms with van der Waals surface area (Å²) in [6.07, 6.45) is 0. The van der Waals surface area contributed by atoms with Crippen molar-refractivity contribution in [3.8, 4) is 11.8 Å². The molecule has 1 aromatic heterocycles. The minimum Gasteiger partial charge on any atom is -0.354 e. The monoisotopic (exact) mass is 228 g/mol. The third-order valence-electron chi connectivity index (χ3n) is 2.09. The first-order valence-electron chi connectivity index (χ1n) is 5.21. The van der Waals surface area contributed by atoms with Crippen LogP contribution in [0.15, 0.2) is 30.3 Å². The van der Waals surface area contributed by atoms with Gasteiger partial charge in [0.25, 0.3) is 0 Å². The molecule has 0 aliphatic heterocycles. The normalized spacial score (nSPS) is 9.71. The van der Waals surface area contributed by atoms with Crippen LogP contribution in [-0.4, -0.2) is 20.2 Å². The Balaban J connectivity index is 1.89. The molecule has 0 bridgehead atoms. The summed E-state index contributed by atoms with van der Waals surface area (Å²) in [5, 5.41) is 11.1. The Morgan fingerprint density at radius 1 is 1.29 bits per heavy atom. The lowest BCUT2D eigenvalue weighted by molar-refractivity contribution is 0.0543. The maximum atomic E-state index is 5.50. The number of aromatic nitrogens is 4. The van der Waals surface area contributed by atoms with Crippen LogP contribution < -0.4 is 0 Å². The van der Waals surface area contributed by atoms with Crippen LogP contribution in [0.5, 0.6) is 0 Å². The number of benzene rings is 1. The molecule has 86 valence electrons. The first kappa shape index (κ1) is 11.3. The van der Waals surface area contributed by atoms with E-state index < -0.39 is 0 Å². The van der Waals surface area contributed by atoms with Gasteiger partial charge in [0.05, 0.1) is 6.61 Å². The zero-order valence-corrected chi connectivity index (χ0v) is 9.50. The molecule has 0 fully saturated rings. The highest BCUT2D eigenvalue weighted by Crippen LogP contribution is 2.01. The van der Waals surface area contributed by atoms with Gasteiger partial charge in [-0.05, 0) is 28.8 Å². The van der Waals surface area contributed by atoms with Crippen molar-refractivity contribution < 1.29 is 4.74 Å². The summed E-state index contributed by atoms with van der Waals surface area (Å²) in [4.78, 5) is 0. The van der Waals surface area contributed by atoms with Gasteiger partial charge in [-0.1, -0.05) is 41.4 Å². The SMILES string of the molecule is CC#Cc1nnnn1COCc1ccccc1. The standard InChI is InChI=1S/C12H12N4O/c1-2-6-12-13-14-15-16(12)10-17-9-11-7-4-3-5-8-11/h3-5,7-8H,9-10H2,1H3. The van der Waals surface area contributed by atoms with Gasteiger partial charge in [-0.15, -0.1) is 0 Å². The van der Waals surface area contributed by atoms with Crippen LogP contribution in [-0.2, 0) is 18.1 Å².